The van der Waals surface area contributed by atoms with Crippen LogP contribution in [0.1, 0.15) is 32.0 Å². The highest BCUT2D eigenvalue weighted by Crippen LogP contribution is 2.19. The number of aromatic nitrogens is 2. The van der Waals surface area contributed by atoms with Gasteiger partial charge in [-0.3, -0.25) is 4.68 Å². The van der Waals surface area contributed by atoms with E-state index in [1.54, 1.807) is 7.11 Å². The Morgan fingerprint density at radius 3 is 2.92 bits per heavy atom. The van der Waals surface area contributed by atoms with Crippen LogP contribution >= 0.6 is 15.9 Å². The summed E-state index contributed by atoms with van der Waals surface area (Å²) in [6.45, 7) is 4.86. The topological polar surface area (TPSA) is 27.1 Å². The average Bonchev–Trinajstić information content (AvgIpc) is 2.47. The van der Waals surface area contributed by atoms with Crippen molar-refractivity contribution in [1.82, 2.24) is 9.78 Å². The van der Waals surface area contributed by atoms with Gasteiger partial charge in [-0.05, 0) is 29.3 Å². The lowest BCUT2D eigenvalue weighted by molar-refractivity contribution is 0.180. The minimum absolute atomic E-state index is 0.446. The number of hydrogen-bond acceptors (Lipinski definition) is 2. The van der Waals surface area contributed by atoms with Gasteiger partial charge in [0, 0.05) is 19.3 Å². The molecule has 0 aromatic carbocycles. The van der Waals surface area contributed by atoms with Crippen LogP contribution in [-0.4, -0.2) is 16.9 Å². The first-order chi connectivity index (χ1) is 6.19. The van der Waals surface area contributed by atoms with Gasteiger partial charge in [0.05, 0.1) is 11.1 Å². The molecule has 1 heterocycles. The minimum Gasteiger partial charge on any atom is -0.378 e. The summed E-state index contributed by atoms with van der Waals surface area (Å²) in [7, 11) is 1.68. The molecule has 0 N–H and O–H groups in total. The molecule has 0 amide bonds. The predicted octanol–water partition coefficient (Wildman–Crippen LogP) is 2.76. The fraction of sp³-hybridized carbons (Fsp3) is 0.667. The number of hydrogen-bond donors (Lipinski definition) is 0. The van der Waals surface area contributed by atoms with Crippen molar-refractivity contribution in [3.8, 4) is 0 Å². The van der Waals surface area contributed by atoms with Gasteiger partial charge in [-0.1, -0.05) is 6.92 Å². The molecule has 1 aromatic heterocycles. The summed E-state index contributed by atoms with van der Waals surface area (Å²) >= 11 is 3.45. The molecule has 1 atom stereocenters. The fourth-order valence-corrected chi connectivity index (χ4v) is 1.46. The Labute approximate surface area is 87.2 Å². The van der Waals surface area contributed by atoms with E-state index in [0.29, 0.717) is 12.6 Å². The molecular formula is C9H15BrN2O. The number of rotatable bonds is 4. The highest BCUT2D eigenvalue weighted by Gasteiger charge is 2.09. The highest BCUT2D eigenvalue weighted by atomic mass is 79.9. The molecule has 1 rings (SSSR count). The van der Waals surface area contributed by atoms with Gasteiger partial charge in [-0.2, -0.15) is 5.10 Å². The summed E-state index contributed by atoms with van der Waals surface area (Å²) in [6, 6.07) is 0.446. The second-order valence-electron chi connectivity index (χ2n) is 3.09. The third-order valence-electron chi connectivity index (χ3n) is 2.08. The maximum absolute atomic E-state index is 5.03. The van der Waals surface area contributed by atoms with E-state index >= 15 is 0 Å². The molecule has 0 saturated heterocycles. The molecule has 0 fully saturated rings. The van der Waals surface area contributed by atoms with E-state index in [1.807, 2.05) is 10.9 Å². The Balaban J connectivity index is 2.81. The maximum atomic E-state index is 5.03. The number of halogens is 1. The third kappa shape index (κ3) is 2.54. The summed E-state index contributed by atoms with van der Waals surface area (Å²) in [6.07, 6.45) is 3.09. The fourth-order valence-electron chi connectivity index (χ4n) is 1.05. The van der Waals surface area contributed by atoms with E-state index in [-0.39, 0.29) is 0 Å². The molecule has 3 nitrogen and oxygen atoms in total. The number of methoxy groups -OCH3 is 1. The van der Waals surface area contributed by atoms with E-state index in [4.69, 9.17) is 4.74 Å². The first-order valence-corrected chi connectivity index (χ1v) is 5.20. The molecule has 0 spiro atoms. The van der Waals surface area contributed by atoms with Gasteiger partial charge in [0.25, 0.3) is 0 Å². The minimum atomic E-state index is 0.446. The Morgan fingerprint density at radius 2 is 2.38 bits per heavy atom. The van der Waals surface area contributed by atoms with Crippen LogP contribution in [0.5, 0.6) is 0 Å². The summed E-state index contributed by atoms with van der Waals surface area (Å²) < 4.78 is 8.02. The highest BCUT2D eigenvalue weighted by molar-refractivity contribution is 9.10. The van der Waals surface area contributed by atoms with E-state index in [0.717, 1.165) is 16.6 Å². The smallest absolute Gasteiger partial charge is 0.102 e. The van der Waals surface area contributed by atoms with E-state index in [2.05, 4.69) is 34.9 Å². The number of ether oxygens (including phenoxy) is 1. The molecule has 1 aromatic rings. The predicted molar refractivity (Wildman–Crippen MR) is 55.6 cm³/mol. The lowest BCUT2D eigenvalue weighted by Crippen LogP contribution is -2.04. The van der Waals surface area contributed by atoms with Crippen molar-refractivity contribution in [1.29, 1.82) is 0 Å². The van der Waals surface area contributed by atoms with Crippen molar-refractivity contribution >= 4 is 15.9 Å². The Kier molecular flexibility index (Phi) is 3.93. The number of nitrogens with zero attached hydrogens (tertiary/aromatic N) is 2. The van der Waals surface area contributed by atoms with Crippen molar-refractivity contribution in [2.75, 3.05) is 7.11 Å². The van der Waals surface area contributed by atoms with Crippen LogP contribution in [0.25, 0.3) is 0 Å². The Bertz CT molecular complexity index is 273. The van der Waals surface area contributed by atoms with Crippen molar-refractivity contribution in [2.45, 2.75) is 32.9 Å². The Hall–Kier alpha value is -0.350. The molecule has 0 radical (unpaired) electrons. The van der Waals surface area contributed by atoms with Gasteiger partial charge in [0.2, 0.25) is 0 Å². The normalized spacial score (nSPS) is 13.2. The van der Waals surface area contributed by atoms with Gasteiger partial charge in [0.15, 0.2) is 0 Å². The van der Waals surface area contributed by atoms with Crippen molar-refractivity contribution in [3.05, 3.63) is 16.4 Å². The molecule has 1 unspecified atom stereocenters. The average molecular weight is 247 g/mol. The lowest BCUT2D eigenvalue weighted by atomic mass is 10.3. The van der Waals surface area contributed by atoms with Gasteiger partial charge in [-0.15, -0.1) is 0 Å². The molecule has 13 heavy (non-hydrogen) atoms. The standard InChI is InChI=1S/C9H15BrN2O/c1-4-7(2)12-5-8(10)9(11-12)6-13-3/h5,7H,4,6H2,1-3H3. The summed E-state index contributed by atoms with van der Waals surface area (Å²) in [4.78, 5) is 0. The maximum Gasteiger partial charge on any atom is 0.102 e. The quantitative estimate of drug-likeness (QED) is 0.817. The second-order valence-corrected chi connectivity index (χ2v) is 3.95. The molecule has 74 valence electrons. The zero-order chi connectivity index (χ0) is 9.84. The van der Waals surface area contributed by atoms with E-state index in [1.165, 1.54) is 0 Å². The van der Waals surface area contributed by atoms with Crippen molar-refractivity contribution in [3.63, 3.8) is 0 Å². The van der Waals surface area contributed by atoms with Gasteiger partial charge in [-0.25, -0.2) is 0 Å². The van der Waals surface area contributed by atoms with Crippen LogP contribution in [-0.2, 0) is 11.3 Å². The van der Waals surface area contributed by atoms with E-state index < -0.39 is 0 Å². The first-order valence-electron chi connectivity index (χ1n) is 4.41. The van der Waals surface area contributed by atoms with Crippen LogP contribution < -0.4 is 0 Å². The largest absolute Gasteiger partial charge is 0.378 e. The van der Waals surface area contributed by atoms with Crippen molar-refractivity contribution < 1.29 is 4.74 Å². The van der Waals surface area contributed by atoms with Gasteiger partial charge >= 0.3 is 0 Å². The third-order valence-corrected chi connectivity index (χ3v) is 2.74. The van der Waals surface area contributed by atoms with Crippen LogP contribution in [0.4, 0.5) is 0 Å². The van der Waals surface area contributed by atoms with Gasteiger partial charge < -0.3 is 4.74 Å². The van der Waals surface area contributed by atoms with Crippen molar-refractivity contribution in [2.24, 2.45) is 0 Å². The summed E-state index contributed by atoms with van der Waals surface area (Å²) in [5.41, 5.74) is 0.961. The van der Waals surface area contributed by atoms with Gasteiger partial charge in [0.1, 0.15) is 5.69 Å². The Morgan fingerprint density at radius 1 is 1.69 bits per heavy atom. The molecule has 0 bridgehead atoms. The summed E-state index contributed by atoms with van der Waals surface area (Å²) in [5.74, 6) is 0. The molecular weight excluding hydrogens is 232 g/mol. The SMILES string of the molecule is CCC(C)n1cc(Br)c(COC)n1. The molecule has 4 heteroatoms. The molecule has 0 aliphatic carbocycles. The second kappa shape index (κ2) is 4.77. The molecule has 0 aliphatic rings. The van der Waals surface area contributed by atoms with Crippen LogP contribution in [0.2, 0.25) is 0 Å². The first kappa shape index (κ1) is 10.7. The zero-order valence-electron chi connectivity index (χ0n) is 8.25. The van der Waals surface area contributed by atoms with Crippen LogP contribution in [0.15, 0.2) is 10.7 Å². The molecule has 0 aliphatic heterocycles. The molecule has 0 saturated carbocycles. The summed E-state index contributed by atoms with van der Waals surface area (Å²) in [5, 5.41) is 4.42. The monoisotopic (exact) mass is 246 g/mol. The van der Waals surface area contributed by atoms with Crippen LogP contribution in [0, 0.1) is 0 Å². The lowest BCUT2D eigenvalue weighted by Gasteiger charge is -2.07. The zero-order valence-corrected chi connectivity index (χ0v) is 9.84. The van der Waals surface area contributed by atoms with E-state index in [9.17, 15) is 0 Å². The van der Waals surface area contributed by atoms with Crippen LogP contribution in [0.3, 0.4) is 0 Å².